The summed E-state index contributed by atoms with van der Waals surface area (Å²) in [7, 11) is 3.47. The summed E-state index contributed by atoms with van der Waals surface area (Å²) in [6, 6.07) is 4.33. The molecule has 1 saturated carbocycles. The first-order valence-electron chi connectivity index (χ1n) is 10.0. The minimum Gasteiger partial charge on any atom is -0.496 e. The molecule has 26 heavy (non-hydrogen) atoms. The Bertz CT molecular complexity index is 664. The number of aliphatic hydroxyl groups is 1. The first-order valence-corrected chi connectivity index (χ1v) is 10.0. The Morgan fingerprint density at radius 1 is 1.12 bits per heavy atom. The third-order valence-corrected chi connectivity index (χ3v) is 7.10. The number of hydrogen-bond acceptors (Lipinski definition) is 3. The van der Waals surface area contributed by atoms with Gasteiger partial charge >= 0.3 is 0 Å². The molecular formula is C23H34O3. The van der Waals surface area contributed by atoms with Crippen molar-refractivity contribution in [3.05, 3.63) is 29.3 Å². The van der Waals surface area contributed by atoms with E-state index in [4.69, 9.17) is 9.47 Å². The Hall–Kier alpha value is -1.48. The number of aryl methyl sites for hydroxylation is 1. The van der Waals surface area contributed by atoms with E-state index in [1.807, 2.05) is 0 Å². The Labute approximate surface area is 158 Å². The van der Waals surface area contributed by atoms with Crippen LogP contribution in [-0.2, 0) is 6.42 Å². The SMILES string of the molecule is CCCCCc1cc(OC)c(C2=C[C@H]3CC[C@]2(CO)C3(C)C)c(OC)c1. The zero-order valence-electron chi connectivity index (χ0n) is 17.0. The Kier molecular flexibility index (Phi) is 5.39. The minimum atomic E-state index is -0.206. The molecule has 3 rings (SSSR count). The van der Waals surface area contributed by atoms with Crippen LogP contribution in [-0.4, -0.2) is 25.9 Å². The van der Waals surface area contributed by atoms with E-state index < -0.39 is 0 Å². The van der Waals surface area contributed by atoms with Crippen LogP contribution in [0.5, 0.6) is 11.5 Å². The predicted octanol–water partition coefficient (Wildman–Crippen LogP) is 5.25. The van der Waals surface area contributed by atoms with Gasteiger partial charge in [-0.15, -0.1) is 0 Å². The minimum absolute atomic E-state index is 0.0624. The fourth-order valence-electron chi connectivity index (χ4n) is 5.22. The van der Waals surface area contributed by atoms with E-state index in [0.29, 0.717) is 5.92 Å². The van der Waals surface area contributed by atoms with Gasteiger partial charge in [0, 0.05) is 5.41 Å². The molecule has 2 bridgehead atoms. The maximum atomic E-state index is 10.4. The average Bonchev–Trinajstić information content (AvgIpc) is 3.03. The van der Waals surface area contributed by atoms with E-state index >= 15 is 0 Å². The van der Waals surface area contributed by atoms with Gasteiger partial charge in [0.05, 0.1) is 26.4 Å². The second-order valence-electron chi connectivity index (χ2n) is 8.52. The number of methoxy groups -OCH3 is 2. The molecule has 0 amide bonds. The molecule has 3 nitrogen and oxygen atoms in total. The lowest BCUT2D eigenvalue weighted by atomic mass is 9.65. The lowest BCUT2D eigenvalue weighted by Gasteiger charge is -2.40. The molecule has 3 heteroatoms. The fourth-order valence-corrected chi connectivity index (χ4v) is 5.22. The molecule has 0 aliphatic heterocycles. The second-order valence-corrected chi connectivity index (χ2v) is 8.52. The predicted molar refractivity (Wildman–Crippen MR) is 107 cm³/mol. The van der Waals surface area contributed by atoms with Crippen LogP contribution in [0.15, 0.2) is 18.2 Å². The highest BCUT2D eigenvalue weighted by Gasteiger charge is 2.60. The van der Waals surface area contributed by atoms with E-state index in [0.717, 1.165) is 36.3 Å². The fraction of sp³-hybridized carbons (Fsp3) is 0.652. The van der Waals surface area contributed by atoms with Gasteiger partial charge in [-0.05, 0) is 60.3 Å². The number of fused-ring (bicyclic) bond motifs is 2. The number of allylic oxidation sites excluding steroid dienone is 1. The molecule has 0 unspecified atom stereocenters. The van der Waals surface area contributed by atoms with Gasteiger partial charge in [0.1, 0.15) is 11.5 Å². The third kappa shape index (κ3) is 2.76. The second kappa shape index (κ2) is 7.26. The number of aliphatic hydroxyl groups excluding tert-OH is 1. The lowest BCUT2D eigenvalue weighted by molar-refractivity contribution is 0.0828. The van der Waals surface area contributed by atoms with Crippen molar-refractivity contribution >= 4 is 5.57 Å². The van der Waals surface area contributed by atoms with Crippen LogP contribution < -0.4 is 9.47 Å². The molecule has 0 aromatic heterocycles. The molecule has 1 aromatic rings. The van der Waals surface area contributed by atoms with Crippen molar-refractivity contribution in [1.29, 1.82) is 0 Å². The Morgan fingerprint density at radius 3 is 2.27 bits per heavy atom. The largest absolute Gasteiger partial charge is 0.496 e. The number of hydrogen-bond donors (Lipinski definition) is 1. The molecule has 0 heterocycles. The summed E-state index contributed by atoms with van der Waals surface area (Å²) in [5, 5.41) is 10.4. The van der Waals surface area contributed by atoms with Crippen LogP contribution in [0.3, 0.4) is 0 Å². The molecule has 1 fully saturated rings. The first kappa shape index (κ1) is 19.3. The van der Waals surface area contributed by atoms with E-state index in [9.17, 15) is 5.11 Å². The van der Waals surface area contributed by atoms with Gasteiger partial charge in [0.15, 0.2) is 0 Å². The van der Waals surface area contributed by atoms with Crippen LogP contribution in [0.4, 0.5) is 0 Å². The van der Waals surface area contributed by atoms with Crippen LogP contribution >= 0.6 is 0 Å². The summed E-state index contributed by atoms with van der Waals surface area (Å²) in [5.41, 5.74) is 3.38. The average molecular weight is 359 g/mol. The van der Waals surface area contributed by atoms with E-state index in [-0.39, 0.29) is 17.4 Å². The van der Waals surface area contributed by atoms with Gasteiger partial charge in [-0.3, -0.25) is 0 Å². The lowest BCUT2D eigenvalue weighted by Crippen LogP contribution is -2.36. The number of unbranched alkanes of at least 4 members (excludes halogenated alkanes) is 2. The van der Waals surface area contributed by atoms with Gasteiger partial charge in [-0.1, -0.05) is 39.7 Å². The number of benzene rings is 1. The van der Waals surface area contributed by atoms with Gasteiger partial charge < -0.3 is 14.6 Å². The molecule has 0 radical (unpaired) electrons. The molecule has 144 valence electrons. The first-order chi connectivity index (χ1) is 12.4. The number of ether oxygens (including phenoxy) is 2. The molecule has 2 atom stereocenters. The third-order valence-electron chi connectivity index (χ3n) is 7.10. The van der Waals surface area contributed by atoms with Crippen molar-refractivity contribution in [3.8, 4) is 11.5 Å². The smallest absolute Gasteiger partial charge is 0.130 e. The zero-order valence-corrected chi connectivity index (χ0v) is 17.0. The highest BCUT2D eigenvalue weighted by Crippen LogP contribution is 2.68. The van der Waals surface area contributed by atoms with Crippen molar-refractivity contribution in [1.82, 2.24) is 0 Å². The number of rotatable bonds is 8. The summed E-state index contributed by atoms with van der Waals surface area (Å²) in [5.74, 6) is 2.25. The van der Waals surface area contributed by atoms with Crippen molar-refractivity contribution in [2.24, 2.45) is 16.7 Å². The van der Waals surface area contributed by atoms with E-state index in [1.54, 1.807) is 14.2 Å². The normalized spacial score (nSPS) is 26.1. The van der Waals surface area contributed by atoms with Crippen molar-refractivity contribution in [3.63, 3.8) is 0 Å². The Balaban J connectivity index is 2.06. The maximum absolute atomic E-state index is 10.4. The topological polar surface area (TPSA) is 38.7 Å². The quantitative estimate of drug-likeness (QED) is 0.645. The van der Waals surface area contributed by atoms with Crippen LogP contribution in [0.1, 0.15) is 64.0 Å². The van der Waals surface area contributed by atoms with Gasteiger partial charge in [0.2, 0.25) is 0 Å². The van der Waals surface area contributed by atoms with Crippen molar-refractivity contribution < 1.29 is 14.6 Å². The highest BCUT2D eigenvalue weighted by molar-refractivity contribution is 5.83. The van der Waals surface area contributed by atoms with Crippen LogP contribution in [0.2, 0.25) is 0 Å². The summed E-state index contributed by atoms with van der Waals surface area (Å²) in [4.78, 5) is 0. The van der Waals surface area contributed by atoms with Gasteiger partial charge in [0.25, 0.3) is 0 Å². The zero-order chi connectivity index (χ0) is 18.9. The molecule has 1 aromatic carbocycles. The molecule has 0 saturated heterocycles. The van der Waals surface area contributed by atoms with E-state index in [1.165, 1.54) is 30.4 Å². The van der Waals surface area contributed by atoms with Crippen LogP contribution in [0.25, 0.3) is 5.57 Å². The van der Waals surface area contributed by atoms with Crippen LogP contribution in [0, 0.1) is 16.7 Å². The molecular weight excluding hydrogens is 324 g/mol. The maximum Gasteiger partial charge on any atom is 0.130 e. The monoisotopic (exact) mass is 358 g/mol. The summed E-state index contributed by atoms with van der Waals surface area (Å²) < 4.78 is 11.6. The highest BCUT2D eigenvalue weighted by atomic mass is 16.5. The standard InChI is InChI=1S/C23H34O3/c1-6-7-8-9-16-12-19(25-4)21(20(13-16)26-5)18-14-17-10-11-23(18,15-24)22(17,2)3/h12-14,17,24H,6-11,15H2,1-5H3/t17-,23-/m1/s1. The van der Waals surface area contributed by atoms with Gasteiger partial charge in [-0.2, -0.15) is 0 Å². The molecule has 2 aliphatic rings. The summed E-state index contributed by atoms with van der Waals surface area (Å²) in [6.07, 6.45) is 9.22. The summed E-state index contributed by atoms with van der Waals surface area (Å²) in [6.45, 7) is 6.99. The molecule has 0 spiro atoms. The van der Waals surface area contributed by atoms with Crippen molar-refractivity contribution in [2.45, 2.75) is 59.3 Å². The Morgan fingerprint density at radius 2 is 1.77 bits per heavy atom. The van der Waals surface area contributed by atoms with E-state index in [2.05, 4.69) is 39.0 Å². The van der Waals surface area contributed by atoms with Gasteiger partial charge in [-0.25, -0.2) is 0 Å². The summed E-state index contributed by atoms with van der Waals surface area (Å²) >= 11 is 0. The molecule has 1 N–H and O–H groups in total. The molecule has 2 aliphatic carbocycles. The van der Waals surface area contributed by atoms with Crippen molar-refractivity contribution in [2.75, 3.05) is 20.8 Å².